The van der Waals surface area contributed by atoms with Gasteiger partial charge >= 0.3 is 0 Å². The van der Waals surface area contributed by atoms with Crippen LogP contribution in [0, 0.1) is 0 Å². The van der Waals surface area contributed by atoms with Gasteiger partial charge in [-0.1, -0.05) is 0 Å². The lowest BCUT2D eigenvalue weighted by atomic mass is 10.1. The molecule has 1 saturated heterocycles. The third kappa shape index (κ3) is 3.07. The molecule has 8 nitrogen and oxygen atoms in total. The molecule has 5 aromatic heterocycles. The van der Waals surface area contributed by atoms with Crippen molar-refractivity contribution in [3.05, 3.63) is 49.1 Å². The maximum Gasteiger partial charge on any atom is 0.135 e. The van der Waals surface area contributed by atoms with Gasteiger partial charge in [-0.2, -0.15) is 5.10 Å². The minimum atomic E-state index is 0.611. The van der Waals surface area contributed by atoms with Crippen LogP contribution in [-0.4, -0.2) is 43.2 Å². The topological polar surface area (TPSA) is 112 Å². The minimum Gasteiger partial charge on any atom is -0.397 e. The zero-order valence-electron chi connectivity index (χ0n) is 17.0. The van der Waals surface area contributed by atoms with Gasteiger partial charge in [0.25, 0.3) is 0 Å². The predicted molar refractivity (Wildman–Crippen MR) is 123 cm³/mol. The molecule has 5 aromatic rings. The Morgan fingerprint density at radius 2 is 1.77 bits per heavy atom. The molecule has 0 bridgehead atoms. The van der Waals surface area contributed by atoms with Crippen LogP contribution in [0.25, 0.3) is 44.6 Å². The smallest absolute Gasteiger partial charge is 0.135 e. The van der Waals surface area contributed by atoms with E-state index in [1.807, 2.05) is 30.6 Å². The molecule has 1 aliphatic rings. The number of pyridine rings is 3. The van der Waals surface area contributed by atoms with E-state index in [9.17, 15) is 0 Å². The molecule has 8 heteroatoms. The molecule has 1 aliphatic heterocycles. The first-order valence-electron chi connectivity index (χ1n) is 10.5. The average molecular weight is 410 g/mol. The molecule has 6 rings (SSSR count). The maximum absolute atomic E-state index is 5.90. The van der Waals surface area contributed by atoms with Gasteiger partial charge in [-0.3, -0.25) is 15.1 Å². The number of piperidine rings is 1. The summed E-state index contributed by atoms with van der Waals surface area (Å²) in [6.45, 7) is 2.15. The zero-order chi connectivity index (χ0) is 20.8. The summed E-state index contributed by atoms with van der Waals surface area (Å²) in [5.41, 5.74) is 13.8. The molecule has 0 radical (unpaired) electrons. The highest BCUT2D eigenvalue weighted by atomic mass is 15.1. The number of fused-ring (bicyclic) bond motifs is 2. The van der Waals surface area contributed by atoms with Gasteiger partial charge < -0.3 is 15.6 Å². The standard InChI is InChI=1S/C23H22N8/c24-15-8-14(10-25-11-15)17-4-5-18-22(28-17)23(30-29-18)19-9-16-20(27-19)12-26-13-21(16)31-6-2-1-3-7-31/h4-5,8-13,27H,1-3,6-7,24H2,(H,29,30). The Morgan fingerprint density at radius 1 is 0.903 bits per heavy atom. The van der Waals surface area contributed by atoms with Crippen molar-refractivity contribution in [1.29, 1.82) is 0 Å². The van der Waals surface area contributed by atoms with Gasteiger partial charge in [-0.25, -0.2) is 4.98 Å². The maximum atomic E-state index is 5.90. The first-order valence-corrected chi connectivity index (χ1v) is 10.5. The number of rotatable bonds is 3. The van der Waals surface area contributed by atoms with Crippen molar-refractivity contribution in [3.63, 3.8) is 0 Å². The summed E-state index contributed by atoms with van der Waals surface area (Å²) in [5, 5.41) is 8.83. The van der Waals surface area contributed by atoms with Crippen molar-refractivity contribution in [1.82, 2.24) is 30.1 Å². The van der Waals surface area contributed by atoms with Gasteiger partial charge in [0.2, 0.25) is 0 Å². The summed E-state index contributed by atoms with van der Waals surface area (Å²) < 4.78 is 0. The van der Waals surface area contributed by atoms with E-state index in [0.29, 0.717) is 5.69 Å². The molecule has 0 spiro atoms. The molecular weight excluding hydrogens is 388 g/mol. The van der Waals surface area contributed by atoms with Gasteiger partial charge in [0, 0.05) is 36.4 Å². The predicted octanol–water partition coefficient (Wildman–Crippen LogP) is 4.14. The molecule has 0 amide bonds. The fraction of sp³-hybridized carbons (Fsp3) is 0.217. The van der Waals surface area contributed by atoms with Crippen LogP contribution in [0.1, 0.15) is 19.3 Å². The van der Waals surface area contributed by atoms with Crippen LogP contribution in [0.5, 0.6) is 0 Å². The third-order valence-electron chi connectivity index (χ3n) is 5.94. The second kappa shape index (κ2) is 7.09. The number of nitrogens with zero attached hydrogens (tertiary/aromatic N) is 5. The molecule has 31 heavy (non-hydrogen) atoms. The summed E-state index contributed by atoms with van der Waals surface area (Å²) in [4.78, 5) is 19.5. The van der Waals surface area contributed by atoms with Crippen molar-refractivity contribution in [2.75, 3.05) is 23.7 Å². The van der Waals surface area contributed by atoms with Gasteiger partial charge in [0.05, 0.1) is 46.2 Å². The van der Waals surface area contributed by atoms with E-state index < -0.39 is 0 Å². The first kappa shape index (κ1) is 17.9. The summed E-state index contributed by atoms with van der Waals surface area (Å²) >= 11 is 0. The van der Waals surface area contributed by atoms with Gasteiger partial charge in [-0.15, -0.1) is 0 Å². The molecule has 0 unspecified atom stereocenters. The van der Waals surface area contributed by atoms with Crippen molar-refractivity contribution < 1.29 is 0 Å². The monoisotopic (exact) mass is 410 g/mol. The Hall–Kier alpha value is -3.94. The van der Waals surface area contributed by atoms with Crippen LogP contribution >= 0.6 is 0 Å². The highest BCUT2D eigenvalue weighted by Gasteiger charge is 2.18. The molecule has 0 saturated carbocycles. The summed E-state index contributed by atoms with van der Waals surface area (Å²) in [5.74, 6) is 0. The van der Waals surface area contributed by atoms with Gasteiger partial charge in [0.15, 0.2) is 0 Å². The van der Waals surface area contributed by atoms with E-state index in [4.69, 9.17) is 10.7 Å². The number of hydrogen-bond donors (Lipinski definition) is 3. The van der Waals surface area contributed by atoms with Crippen LogP contribution in [0.2, 0.25) is 0 Å². The molecular formula is C23H22N8. The van der Waals surface area contributed by atoms with E-state index in [1.165, 1.54) is 30.3 Å². The molecule has 0 aromatic carbocycles. The molecule has 6 heterocycles. The largest absolute Gasteiger partial charge is 0.397 e. The number of hydrogen-bond acceptors (Lipinski definition) is 6. The summed E-state index contributed by atoms with van der Waals surface area (Å²) in [6.07, 6.45) is 11.0. The Morgan fingerprint density at radius 3 is 2.65 bits per heavy atom. The number of H-pyrrole nitrogens is 2. The fourth-order valence-corrected chi connectivity index (χ4v) is 4.40. The van der Waals surface area contributed by atoms with E-state index in [2.05, 4.69) is 36.1 Å². The Bertz CT molecular complexity index is 1390. The Balaban J connectivity index is 1.46. The summed E-state index contributed by atoms with van der Waals surface area (Å²) in [7, 11) is 0. The van der Waals surface area contributed by atoms with E-state index in [0.717, 1.165) is 52.3 Å². The SMILES string of the molecule is Nc1cncc(-c2ccc3[nH]nc(-c4cc5c(N6CCCCC6)cncc5[nH]4)c3n2)c1. The Labute approximate surface area is 178 Å². The molecule has 4 N–H and O–H groups in total. The zero-order valence-corrected chi connectivity index (χ0v) is 17.0. The van der Waals surface area contributed by atoms with Crippen LogP contribution in [0.15, 0.2) is 49.1 Å². The lowest BCUT2D eigenvalue weighted by Crippen LogP contribution is -2.29. The normalized spacial score (nSPS) is 14.5. The van der Waals surface area contributed by atoms with Crippen LogP contribution < -0.4 is 10.6 Å². The molecule has 1 fully saturated rings. The number of anilines is 2. The van der Waals surface area contributed by atoms with Crippen molar-refractivity contribution >= 4 is 33.3 Å². The lowest BCUT2D eigenvalue weighted by molar-refractivity contribution is 0.578. The van der Waals surface area contributed by atoms with Crippen LogP contribution in [0.3, 0.4) is 0 Å². The second-order valence-corrected chi connectivity index (χ2v) is 8.02. The summed E-state index contributed by atoms with van der Waals surface area (Å²) in [6, 6.07) is 7.97. The molecule has 0 atom stereocenters. The van der Waals surface area contributed by atoms with E-state index >= 15 is 0 Å². The van der Waals surface area contributed by atoms with Gasteiger partial charge in [0.1, 0.15) is 11.2 Å². The fourth-order valence-electron chi connectivity index (χ4n) is 4.40. The van der Waals surface area contributed by atoms with Crippen LogP contribution in [-0.2, 0) is 0 Å². The van der Waals surface area contributed by atoms with Crippen molar-refractivity contribution in [2.24, 2.45) is 0 Å². The number of nitrogens with one attached hydrogen (secondary N) is 2. The average Bonchev–Trinajstić information content (AvgIpc) is 3.43. The molecule has 0 aliphatic carbocycles. The Kier molecular flexibility index (Phi) is 4.09. The number of nitrogens with two attached hydrogens (primary N) is 1. The first-order chi connectivity index (χ1) is 15.3. The quantitative estimate of drug-likeness (QED) is 0.412. The number of aromatic amines is 2. The lowest BCUT2D eigenvalue weighted by Gasteiger charge is -2.28. The third-order valence-corrected chi connectivity index (χ3v) is 5.94. The van der Waals surface area contributed by atoms with Crippen molar-refractivity contribution in [2.45, 2.75) is 19.3 Å². The second-order valence-electron chi connectivity index (χ2n) is 8.02. The van der Waals surface area contributed by atoms with E-state index in [-0.39, 0.29) is 0 Å². The highest BCUT2D eigenvalue weighted by molar-refractivity contribution is 5.98. The number of nitrogen functional groups attached to an aromatic ring is 1. The van der Waals surface area contributed by atoms with Crippen LogP contribution in [0.4, 0.5) is 11.4 Å². The molecule has 154 valence electrons. The minimum absolute atomic E-state index is 0.611. The van der Waals surface area contributed by atoms with Crippen molar-refractivity contribution in [3.8, 4) is 22.6 Å². The highest BCUT2D eigenvalue weighted by Crippen LogP contribution is 2.34. The van der Waals surface area contributed by atoms with E-state index in [1.54, 1.807) is 12.4 Å². The van der Waals surface area contributed by atoms with Gasteiger partial charge in [-0.05, 0) is 43.5 Å². The number of aromatic nitrogens is 6.